The van der Waals surface area contributed by atoms with Crippen LogP contribution in [0, 0.1) is 17.1 Å². The highest BCUT2D eigenvalue weighted by molar-refractivity contribution is 9.10. The van der Waals surface area contributed by atoms with Gasteiger partial charge in [-0.05, 0) is 42.8 Å². The van der Waals surface area contributed by atoms with Crippen LogP contribution in [-0.4, -0.2) is 9.13 Å². The number of hydrogen-bond acceptors (Lipinski definition) is 3. The van der Waals surface area contributed by atoms with Crippen LogP contribution in [-0.2, 0) is 6.54 Å². The Balaban J connectivity index is 2.31. The Labute approximate surface area is 150 Å². The predicted octanol–water partition coefficient (Wildman–Crippen LogP) is 3.20. The number of aromatic nitrogens is 2. The summed E-state index contributed by atoms with van der Waals surface area (Å²) in [4.78, 5) is 25.6. The number of halogens is 2. The topological polar surface area (TPSA) is 67.8 Å². The molecular formula is C18H13BrFN3O2. The Hall–Kier alpha value is -2.72. The van der Waals surface area contributed by atoms with Gasteiger partial charge in [0.2, 0.25) is 0 Å². The van der Waals surface area contributed by atoms with Gasteiger partial charge in [-0.25, -0.2) is 9.18 Å². The number of benzene rings is 2. The van der Waals surface area contributed by atoms with Crippen molar-refractivity contribution in [3.05, 3.63) is 79.2 Å². The molecule has 3 aromatic rings. The van der Waals surface area contributed by atoms with Crippen LogP contribution in [0.15, 0.2) is 56.5 Å². The summed E-state index contributed by atoms with van der Waals surface area (Å²) in [5, 5.41) is 9.42. The van der Waals surface area contributed by atoms with Crippen LogP contribution in [0.25, 0.3) is 10.9 Å². The zero-order valence-electron chi connectivity index (χ0n) is 13.2. The minimum Gasteiger partial charge on any atom is -0.277 e. The first-order valence-corrected chi connectivity index (χ1v) is 8.30. The molecule has 0 N–H and O–H groups in total. The minimum atomic E-state index is -0.839. The number of nitriles is 1. The fourth-order valence-corrected chi connectivity index (χ4v) is 2.96. The van der Waals surface area contributed by atoms with E-state index in [1.807, 2.05) is 18.2 Å². The highest BCUT2D eigenvalue weighted by atomic mass is 79.9. The van der Waals surface area contributed by atoms with Gasteiger partial charge >= 0.3 is 5.69 Å². The van der Waals surface area contributed by atoms with Gasteiger partial charge in [0.15, 0.2) is 0 Å². The van der Waals surface area contributed by atoms with Crippen molar-refractivity contribution >= 4 is 26.8 Å². The molecule has 2 aromatic carbocycles. The Morgan fingerprint density at radius 1 is 1.20 bits per heavy atom. The van der Waals surface area contributed by atoms with Crippen LogP contribution in [0.3, 0.4) is 0 Å². The normalized spacial score (nSPS) is 12.1. The summed E-state index contributed by atoms with van der Waals surface area (Å²) in [5.41, 5.74) is -0.263. The minimum absolute atomic E-state index is 0.0659. The predicted molar refractivity (Wildman–Crippen MR) is 96.0 cm³/mol. The zero-order chi connectivity index (χ0) is 18.1. The summed E-state index contributed by atoms with van der Waals surface area (Å²) in [6, 6.07) is 12.0. The summed E-state index contributed by atoms with van der Waals surface area (Å²) < 4.78 is 16.7. The number of rotatable bonds is 3. The second kappa shape index (κ2) is 6.65. The first-order chi connectivity index (χ1) is 11.9. The van der Waals surface area contributed by atoms with Gasteiger partial charge < -0.3 is 0 Å². The average Bonchev–Trinajstić information content (AvgIpc) is 2.60. The Morgan fingerprint density at radius 3 is 2.52 bits per heavy atom. The molecule has 126 valence electrons. The highest BCUT2D eigenvalue weighted by Gasteiger charge is 2.17. The van der Waals surface area contributed by atoms with E-state index in [2.05, 4.69) is 15.9 Å². The van der Waals surface area contributed by atoms with Crippen LogP contribution >= 0.6 is 15.9 Å². The van der Waals surface area contributed by atoms with Gasteiger partial charge in [-0.2, -0.15) is 5.26 Å². The molecule has 1 aromatic heterocycles. The number of hydrogen-bond donors (Lipinski definition) is 0. The molecule has 0 bridgehead atoms. The van der Waals surface area contributed by atoms with Crippen molar-refractivity contribution in [2.24, 2.45) is 0 Å². The zero-order valence-corrected chi connectivity index (χ0v) is 14.8. The summed E-state index contributed by atoms with van der Waals surface area (Å²) in [6.07, 6.45) is 0. The maximum absolute atomic E-state index is 13.6. The van der Waals surface area contributed by atoms with E-state index in [-0.39, 0.29) is 17.4 Å². The second-order valence-electron chi connectivity index (χ2n) is 5.64. The molecular weight excluding hydrogens is 389 g/mol. The van der Waals surface area contributed by atoms with Gasteiger partial charge in [-0.1, -0.05) is 28.1 Å². The molecule has 7 heteroatoms. The lowest BCUT2D eigenvalue weighted by Gasteiger charge is -2.15. The molecule has 1 heterocycles. The number of fused-ring (bicyclic) bond motifs is 1. The lowest BCUT2D eigenvalue weighted by atomic mass is 10.2. The van der Waals surface area contributed by atoms with Gasteiger partial charge in [-0.15, -0.1) is 0 Å². The first kappa shape index (κ1) is 17.1. The maximum atomic E-state index is 13.6. The quantitative estimate of drug-likeness (QED) is 0.676. The van der Waals surface area contributed by atoms with Crippen molar-refractivity contribution in [2.45, 2.75) is 19.5 Å². The fraction of sp³-hybridized carbons (Fsp3) is 0.167. The second-order valence-corrected chi connectivity index (χ2v) is 6.55. The third kappa shape index (κ3) is 3.13. The average molecular weight is 402 g/mol. The van der Waals surface area contributed by atoms with Crippen molar-refractivity contribution < 1.29 is 4.39 Å². The van der Waals surface area contributed by atoms with Crippen LogP contribution < -0.4 is 11.2 Å². The van der Waals surface area contributed by atoms with Gasteiger partial charge in [0.1, 0.15) is 11.9 Å². The highest BCUT2D eigenvalue weighted by Crippen LogP contribution is 2.15. The maximum Gasteiger partial charge on any atom is 0.332 e. The van der Waals surface area contributed by atoms with Crippen molar-refractivity contribution in [2.75, 3.05) is 0 Å². The van der Waals surface area contributed by atoms with Gasteiger partial charge in [0.25, 0.3) is 5.56 Å². The van der Waals surface area contributed by atoms with E-state index in [9.17, 15) is 19.2 Å². The Kier molecular flexibility index (Phi) is 4.55. The molecule has 0 radical (unpaired) electrons. The van der Waals surface area contributed by atoms with Crippen LogP contribution in [0.2, 0.25) is 0 Å². The van der Waals surface area contributed by atoms with E-state index in [1.54, 1.807) is 12.1 Å². The largest absolute Gasteiger partial charge is 0.332 e. The van der Waals surface area contributed by atoms with Gasteiger partial charge in [-0.3, -0.25) is 13.9 Å². The summed E-state index contributed by atoms with van der Waals surface area (Å²) in [5.74, 6) is -0.573. The molecule has 0 amide bonds. The van der Waals surface area contributed by atoms with E-state index in [1.165, 1.54) is 19.1 Å². The van der Waals surface area contributed by atoms with Crippen molar-refractivity contribution in [3.8, 4) is 6.07 Å². The van der Waals surface area contributed by atoms with Crippen LogP contribution in [0.5, 0.6) is 0 Å². The molecule has 0 saturated heterocycles. The summed E-state index contributed by atoms with van der Waals surface area (Å²) >= 11 is 3.33. The van der Waals surface area contributed by atoms with Gasteiger partial charge in [0, 0.05) is 4.47 Å². The third-order valence-electron chi connectivity index (χ3n) is 3.96. The molecule has 5 nitrogen and oxygen atoms in total. The van der Waals surface area contributed by atoms with Crippen molar-refractivity contribution in [3.63, 3.8) is 0 Å². The smallest absolute Gasteiger partial charge is 0.277 e. The molecule has 0 aliphatic heterocycles. The van der Waals surface area contributed by atoms with Gasteiger partial charge in [0.05, 0.1) is 23.5 Å². The SMILES string of the molecule is CC(C#N)n1c(=O)n(Cc2ccc(Br)cc2)c(=O)c2ccc(F)cc21. The van der Waals surface area contributed by atoms with Crippen molar-refractivity contribution in [1.82, 2.24) is 9.13 Å². The molecule has 1 atom stereocenters. The molecule has 1 unspecified atom stereocenters. The third-order valence-corrected chi connectivity index (χ3v) is 4.49. The van der Waals surface area contributed by atoms with Crippen LogP contribution in [0.1, 0.15) is 18.5 Å². The first-order valence-electron chi connectivity index (χ1n) is 7.51. The molecule has 0 aliphatic carbocycles. The van der Waals surface area contributed by atoms with E-state index >= 15 is 0 Å². The summed E-state index contributed by atoms with van der Waals surface area (Å²) in [6.45, 7) is 1.59. The van der Waals surface area contributed by atoms with Crippen LogP contribution in [0.4, 0.5) is 4.39 Å². The molecule has 0 saturated carbocycles. The molecule has 3 rings (SSSR count). The van der Waals surface area contributed by atoms with E-state index in [0.717, 1.165) is 25.2 Å². The monoisotopic (exact) mass is 401 g/mol. The Morgan fingerprint density at radius 2 is 1.88 bits per heavy atom. The fourth-order valence-electron chi connectivity index (χ4n) is 2.69. The lowest BCUT2D eigenvalue weighted by Crippen LogP contribution is -2.41. The van der Waals surface area contributed by atoms with Crippen molar-refractivity contribution in [1.29, 1.82) is 5.26 Å². The van der Waals surface area contributed by atoms with E-state index in [0.29, 0.717) is 0 Å². The standard InChI is InChI=1S/C18H13BrFN3O2/c1-11(9-21)23-16-8-14(20)6-7-15(16)17(24)22(18(23)25)10-12-2-4-13(19)5-3-12/h2-8,11H,10H2,1H3. The molecule has 0 spiro atoms. The molecule has 0 aliphatic rings. The molecule has 0 fully saturated rings. The molecule has 25 heavy (non-hydrogen) atoms. The summed E-state index contributed by atoms with van der Waals surface area (Å²) in [7, 11) is 0. The Bertz CT molecular complexity index is 1110. The lowest BCUT2D eigenvalue weighted by molar-refractivity contribution is 0.580. The number of nitrogens with zero attached hydrogens (tertiary/aromatic N) is 3. The van der Waals surface area contributed by atoms with E-state index < -0.39 is 23.1 Å². The van der Waals surface area contributed by atoms with E-state index in [4.69, 9.17) is 0 Å².